The highest BCUT2D eigenvalue weighted by atomic mass is 32.2. The number of benzene rings is 1. The predicted octanol–water partition coefficient (Wildman–Crippen LogP) is 1.10. The minimum Gasteiger partial charge on any atom is -0.497 e. The molecule has 1 atom stereocenters. The number of H-pyrrole nitrogens is 1. The minimum atomic E-state index is -3.51. The summed E-state index contributed by atoms with van der Waals surface area (Å²) in [6.45, 7) is 1.56. The van der Waals surface area contributed by atoms with Crippen molar-refractivity contribution in [2.24, 2.45) is 0 Å². The van der Waals surface area contributed by atoms with Crippen LogP contribution in [0, 0.1) is 0 Å². The second kappa shape index (κ2) is 6.31. The van der Waals surface area contributed by atoms with E-state index < -0.39 is 10.0 Å². The lowest BCUT2D eigenvalue weighted by Gasteiger charge is -2.38. The number of hydrogen-bond acceptors (Lipinski definition) is 5. The summed E-state index contributed by atoms with van der Waals surface area (Å²) in [5.41, 5.74) is 1.07. The summed E-state index contributed by atoms with van der Waals surface area (Å²) >= 11 is 0. The van der Waals surface area contributed by atoms with Crippen molar-refractivity contribution in [1.29, 1.82) is 0 Å². The first-order valence-corrected chi connectivity index (χ1v) is 8.79. The number of likely N-dealkylation sites (N-methyl/N-ethyl adjacent to an activating group) is 1. The first kappa shape index (κ1) is 16.0. The van der Waals surface area contributed by atoms with E-state index in [1.807, 2.05) is 31.3 Å². The highest BCUT2D eigenvalue weighted by molar-refractivity contribution is 7.89. The second-order valence-electron chi connectivity index (χ2n) is 5.57. The fraction of sp³-hybridized carbons (Fsp3) is 0.400. The van der Waals surface area contributed by atoms with Gasteiger partial charge in [-0.1, -0.05) is 12.1 Å². The smallest absolute Gasteiger partial charge is 0.246 e. The van der Waals surface area contributed by atoms with Crippen LogP contribution in [0.15, 0.2) is 41.6 Å². The molecule has 0 radical (unpaired) electrons. The Bertz CT molecular complexity index is 744. The number of nitrogens with zero attached hydrogens (tertiary/aromatic N) is 3. The number of ether oxygens (including phenoxy) is 1. The monoisotopic (exact) mass is 336 g/mol. The fourth-order valence-corrected chi connectivity index (χ4v) is 4.13. The van der Waals surface area contributed by atoms with Crippen LogP contribution in [0.1, 0.15) is 11.6 Å². The molecule has 1 aromatic heterocycles. The summed E-state index contributed by atoms with van der Waals surface area (Å²) in [5, 5.41) is 6.30. The lowest BCUT2D eigenvalue weighted by molar-refractivity contribution is 0.148. The van der Waals surface area contributed by atoms with Crippen LogP contribution in [0.2, 0.25) is 0 Å². The summed E-state index contributed by atoms with van der Waals surface area (Å²) in [5.74, 6) is 0.787. The van der Waals surface area contributed by atoms with Gasteiger partial charge in [-0.25, -0.2) is 8.42 Å². The van der Waals surface area contributed by atoms with E-state index in [9.17, 15) is 8.42 Å². The number of methoxy groups -OCH3 is 1. The van der Waals surface area contributed by atoms with E-state index in [4.69, 9.17) is 4.74 Å². The molecular weight excluding hydrogens is 316 g/mol. The molecule has 23 heavy (non-hydrogen) atoms. The zero-order valence-corrected chi connectivity index (χ0v) is 14.0. The molecule has 7 nitrogen and oxygen atoms in total. The standard InChI is InChI=1S/C15H20N4O3S/c1-18-7-8-19(23(20,21)14-9-16-17-10-14)11-15(18)12-3-5-13(22-2)6-4-12/h3-6,9-10,15H,7-8,11H2,1-2H3,(H,16,17)/t15-/m1/s1. The number of rotatable bonds is 4. The van der Waals surface area contributed by atoms with Crippen LogP contribution >= 0.6 is 0 Å². The third-order valence-corrected chi connectivity index (χ3v) is 6.05. The Morgan fingerprint density at radius 1 is 1.26 bits per heavy atom. The van der Waals surface area contributed by atoms with Gasteiger partial charge in [0.05, 0.1) is 13.3 Å². The maximum atomic E-state index is 12.7. The molecule has 0 unspecified atom stereocenters. The molecule has 0 amide bonds. The average molecular weight is 336 g/mol. The van der Waals surface area contributed by atoms with Gasteiger partial charge in [-0.15, -0.1) is 0 Å². The Kier molecular flexibility index (Phi) is 4.38. The minimum absolute atomic E-state index is 0.0105. The zero-order valence-electron chi connectivity index (χ0n) is 13.1. The SMILES string of the molecule is COc1ccc([C@H]2CN(S(=O)(=O)c3cn[nH]c3)CCN2C)cc1. The van der Waals surface area contributed by atoms with E-state index in [0.29, 0.717) is 19.6 Å². The Morgan fingerprint density at radius 2 is 2.00 bits per heavy atom. The van der Waals surface area contributed by atoms with Gasteiger partial charge in [-0.2, -0.15) is 9.40 Å². The molecule has 1 aromatic carbocycles. The number of aromatic amines is 1. The molecule has 1 saturated heterocycles. The van der Waals surface area contributed by atoms with E-state index in [1.54, 1.807) is 7.11 Å². The first-order chi connectivity index (χ1) is 11.0. The maximum absolute atomic E-state index is 12.7. The van der Waals surface area contributed by atoms with E-state index >= 15 is 0 Å². The number of aromatic nitrogens is 2. The van der Waals surface area contributed by atoms with Crippen molar-refractivity contribution in [3.05, 3.63) is 42.2 Å². The molecule has 1 aliphatic rings. The first-order valence-electron chi connectivity index (χ1n) is 7.35. The predicted molar refractivity (Wildman–Crippen MR) is 85.7 cm³/mol. The molecule has 3 rings (SSSR count). The Balaban J connectivity index is 1.84. The summed E-state index contributed by atoms with van der Waals surface area (Å²) in [4.78, 5) is 2.37. The molecule has 2 heterocycles. The van der Waals surface area contributed by atoms with Gasteiger partial charge in [0.25, 0.3) is 0 Å². The van der Waals surface area contributed by atoms with Crippen molar-refractivity contribution in [3.8, 4) is 5.75 Å². The molecule has 0 bridgehead atoms. The number of hydrogen-bond donors (Lipinski definition) is 1. The van der Waals surface area contributed by atoms with Crippen molar-refractivity contribution in [2.45, 2.75) is 10.9 Å². The average Bonchev–Trinajstić information content (AvgIpc) is 3.10. The largest absolute Gasteiger partial charge is 0.497 e. The van der Waals surface area contributed by atoms with Gasteiger partial charge < -0.3 is 4.74 Å². The highest BCUT2D eigenvalue weighted by Crippen LogP contribution is 2.28. The summed E-state index contributed by atoms with van der Waals surface area (Å²) in [6.07, 6.45) is 2.76. The van der Waals surface area contributed by atoms with Gasteiger partial charge in [0.2, 0.25) is 10.0 Å². The Hall–Kier alpha value is -1.90. The highest BCUT2D eigenvalue weighted by Gasteiger charge is 2.33. The molecular formula is C15H20N4O3S. The Labute approximate surface area is 135 Å². The number of nitrogens with one attached hydrogen (secondary N) is 1. The van der Waals surface area contributed by atoms with Gasteiger partial charge in [-0.05, 0) is 24.7 Å². The van der Waals surface area contributed by atoms with Crippen LogP contribution in [0.25, 0.3) is 0 Å². The van der Waals surface area contributed by atoms with Gasteiger partial charge in [-0.3, -0.25) is 10.00 Å². The second-order valence-corrected chi connectivity index (χ2v) is 7.50. The van der Waals surface area contributed by atoms with Crippen molar-refractivity contribution in [3.63, 3.8) is 0 Å². The molecule has 2 aromatic rings. The maximum Gasteiger partial charge on any atom is 0.246 e. The van der Waals surface area contributed by atoms with Crippen molar-refractivity contribution in [2.75, 3.05) is 33.8 Å². The molecule has 1 aliphatic heterocycles. The van der Waals surface area contributed by atoms with Crippen LogP contribution in [0.3, 0.4) is 0 Å². The molecule has 1 fully saturated rings. The van der Waals surface area contributed by atoms with E-state index in [1.165, 1.54) is 16.7 Å². The van der Waals surface area contributed by atoms with Crippen LogP contribution in [0.5, 0.6) is 5.75 Å². The van der Waals surface area contributed by atoms with Crippen molar-refractivity contribution >= 4 is 10.0 Å². The van der Waals surface area contributed by atoms with Crippen molar-refractivity contribution < 1.29 is 13.2 Å². The third-order valence-electron chi connectivity index (χ3n) is 4.22. The van der Waals surface area contributed by atoms with Crippen LogP contribution in [-0.2, 0) is 10.0 Å². The topological polar surface area (TPSA) is 78.5 Å². The number of sulfonamides is 1. The quantitative estimate of drug-likeness (QED) is 0.904. The summed E-state index contributed by atoms with van der Waals surface area (Å²) in [6, 6.07) is 7.76. The van der Waals surface area contributed by atoms with E-state index in [-0.39, 0.29) is 10.9 Å². The molecule has 1 N–H and O–H groups in total. The van der Waals surface area contributed by atoms with Crippen LogP contribution in [-0.4, -0.2) is 61.6 Å². The zero-order chi connectivity index (χ0) is 16.4. The lowest BCUT2D eigenvalue weighted by Crippen LogP contribution is -2.48. The van der Waals surface area contributed by atoms with Gasteiger partial charge in [0, 0.05) is 31.9 Å². The third kappa shape index (κ3) is 3.10. The van der Waals surface area contributed by atoms with Gasteiger partial charge in [0.1, 0.15) is 10.6 Å². The van der Waals surface area contributed by atoms with Gasteiger partial charge >= 0.3 is 0 Å². The van der Waals surface area contributed by atoms with E-state index in [0.717, 1.165) is 11.3 Å². The van der Waals surface area contributed by atoms with Crippen LogP contribution < -0.4 is 4.74 Å². The van der Waals surface area contributed by atoms with E-state index in [2.05, 4.69) is 15.1 Å². The van der Waals surface area contributed by atoms with Crippen LogP contribution in [0.4, 0.5) is 0 Å². The van der Waals surface area contributed by atoms with Gasteiger partial charge in [0.15, 0.2) is 0 Å². The summed E-state index contributed by atoms with van der Waals surface area (Å²) < 4.78 is 32.0. The fourth-order valence-electron chi connectivity index (χ4n) is 2.78. The molecule has 124 valence electrons. The van der Waals surface area contributed by atoms with Crippen molar-refractivity contribution in [1.82, 2.24) is 19.4 Å². The Morgan fingerprint density at radius 3 is 2.61 bits per heavy atom. The molecule has 8 heteroatoms. The molecule has 0 aliphatic carbocycles. The normalized spacial score (nSPS) is 20.5. The number of piperazine rings is 1. The lowest BCUT2D eigenvalue weighted by atomic mass is 10.0. The molecule has 0 spiro atoms. The molecule has 0 saturated carbocycles. The summed E-state index contributed by atoms with van der Waals surface area (Å²) in [7, 11) is 0.129.